The number of carbonyl (C=O) groups excluding carboxylic acids is 2. The second kappa shape index (κ2) is 6.87. The minimum atomic E-state index is -0.155. The molecule has 1 aliphatic rings. The summed E-state index contributed by atoms with van der Waals surface area (Å²) in [5, 5.41) is 0. The SMILES string of the molecule is CCN(C(=O)CC(=O)N1CCc2ccccc21)c1cccc(C)c1. The third kappa shape index (κ3) is 3.18. The molecule has 2 amide bonds. The topological polar surface area (TPSA) is 40.6 Å². The highest BCUT2D eigenvalue weighted by Crippen LogP contribution is 2.28. The van der Waals surface area contributed by atoms with Crippen molar-refractivity contribution in [3.63, 3.8) is 0 Å². The Hall–Kier alpha value is -2.62. The zero-order chi connectivity index (χ0) is 17.1. The number of carbonyl (C=O) groups is 2. The molecule has 0 saturated heterocycles. The van der Waals surface area contributed by atoms with Crippen LogP contribution in [0, 0.1) is 6.92 Å². The highest BCUT2D eigenvalue weighted by molar-refractivity contribution is 6.10. The molecule has 0 atom stereocenters. The Kier molecular flexibility index (Phi) is 4.65. The van der Waals surface area contributed by atoms with Gasteiger partial charge in [-0.15, -0.1) is 0 Å². The van der Waals surface area contributed by atoms with Crippen LogP contribution in [0.2, 0.25) is 0 Å². The van der Waals surface area contributed by atoms with Crippen LogP contribution < -0.4 is 9.80 Å². The van der Waals surface area contributed by atoms with Crippen LogP contribution in [0.3, 0.4) is 0 Å². The number of nitrogens with zero attached hydrogens (tertiary/aromatic N) is 2. The lowest BCUT2D eigenvalue weighted by Crippen LogP contribution is -2.37. The smallest absolute Gasteiger partial charge is 0.236 e. The normalized spacial score (nSPS) is 12.8. The number of amides is 2. The molecule has 0 aromatic heterocycles. The highest BCUT2D eigenvalue weighted by Gasteiger charge is 2.27. The van der Waals surface area contributed by atoms with Crippen LogP contribution in [-0.2, 0) is 16.0 Å². The summed E-state index contributed by atoms with van der Waals surface area (Å²) < 4.78 is 0. The largest absolute Gasteiger partial charge is 0.312 e. The van der Waals surface area contributed by atoms with Gasteiger partial charge in [0, 0.05) is 24.5 Å². The number of hydrogen-bond donors (Lipinski definition) is 0. The molecule has 24 heavy (non-hydrogen) atoms. The molecule has 0 bridgehead atoms. The maximum absolute atomic E-state index is 12.6. The summed E-state index contributed by atoms with van der Waals surface area (Å²) in [6.45, 7) is 5.12. The van der Waals surface area contributed by atoms with Crippen molar-refractivity contribution in [2.75, 3.05) is 22.9 Å². The Bertz CT molecular complexity index is 770. The molecular formula is C20H22N2O2. The molecule has 0 spiro atoms. The van der Waals surface area contributed by atoms with Crippen molar-refractivity contribution in [3.05, 3.63) is 59.7 Å². The van der Waals surface area contributed by atoms with Gasteiger partial charge in [0.2, 0.25) is 11.8 Å². The van der Waals surface area contributed by atoms with Gasteiger partial charge in [0.1, 0.15) is 6.42 Å². The lowest BCUT2D eigenvalue weighted by molar-refractivity contribution is -0.126. The first kappa shape index (κ1) is 16.2. The Morgan fingerprint density at radius 3 is 2.67 bits per heavy atom. The van der Waals surface area contributed by atoms with Gasteiger partial charge < -0.3 is 9.80 Å². The molecule has 2 aromatic carbocycles. The van der Waals surface area contributed by atoms with Crippen molar-refractivity contribution in [1.29, 1.82) is 0 Å². The molecule has 0 unspecified atom stereocenters. The quantitative estimate of drug-likeness (QED) is 0.810. The van der Waals surface area contributed by atoms with E-state index in [-0.39, 0.29) is 18.2 Å². The lowest BCUT2D eigenvalue weighted by Gasteiger charge is -2.23. The van der Waals surface area contributed by atoms with E-state index in [0.29, 0.717) is 13.1 Å². The number of fused-ring (bicyclic) bond motifs is 1. The summed E-state index contributed by atoms with van der Waals surface area (Å²) in [6, 6.07) is 15.7. The molecule has 0 saturated carbocycles. The maximum Gasteiger partial charge on any atom is 0.236 e. The van der Waals surface area contributed by atoms with E-state index in [9.17, 15) is 9.59 Å². The number of aryl methyl sites for hydroxylation is 1. The third-order valence-electron chi connectivity index (χ3n) is 4.42. The van der Waals surface area contributed by atoms with Crippen molar-refractivity contribution in [1.82, 2.24) is 0 Å². The molecule has 0 N–H and O–H groups in total. The van der Waals surface area contributed by atoms with E-state index in [1.165, 1.54) is 5.56 Å². The van der Waals surface area contributed by atoms with Crippen LogP contribution in [0.1, 0.15) is 24.5 Å². The maximum atomic E-state index is 12.6. The van der Waals surface area contributed by atoms with E-state index in [0.717, 1.165) is 23.4 Å². The molecule has 3 rings (SSSR count). The number of benzene rings is 2. The van der Waals surface area contributed by atoms with Gasteiger partial charge in [-0.25, -0.2) is 0 Å². The predicted molar refractivity (Wildman–Crippen MR) is 96.3 cm³/mol. The van der Waals surface area contributed by atoms with Gasteiger partial charge in [-0.2, -0.15) is 0 Å². The molecule has 4 heteroatoms. The summed E-state index contributed by atoms with van der Waals surface area (Å²) in [5.74, 6) is -0.284. The Morgan fingerprint density at radius 2 is 1.92 bits per heavy atom. The Morgan fingerprint density at radius 1 is 1.12 bits per heavy atom. The number of anilines is 2. The molecule has 0 aliphatic carbocycles. The first-order chi connectivity index (χ1) is 11.6. The summed E-state index contributed by atoms with van der Waals surface area (Å²) >= 11 is 0. The fourth-order valence-electron chi connectivity index (χ4n) is 3.22. The minimum absolute atomic E-state index is 0.101. The zero-order valence-corrected chi connectivity index (χ0v) is 14.2. The molecule has 1 heterocycles. The third-order valence-corrected chi connectivity index (χ3v) is 4.42. The molecule has 124 valence electrons. The number of para-hydroxylation sites is 1. The van der Waals surface area contributed by atoms with E-state index in [4.69, 9.17) is 0 Å². The van der Waals surface area contributed by atoms with Crippen molar-refractivity contribution < 1.29 is 9.59 Å². The van der Waals surface area contributed by atoms with E-state index >= 15 is 0 Å². The Labute approximate surface area is 142 Å². The first-order valence-corrected chi connectivity index (χ1v) is 8.35. The predicted octanol–water partition coefficient (Wildman–Crippen LogP) is 3.33. The average Bonchev–Trinajstić information content (AvgIpc) is 2.99. The summed E-state index contributed by atoms with van der Waals surface area (Å²) in [7, 11) is 0. The van der Waals surface area contributed by atoms with E-state index in [1.54, 1.807) is 9.80 Å². The molecule has 0 fully saturated rings. The molecule has 2 aromatic rings. The van der Waals surface area contributed by atoms with Crippen LogP contribution in [0.5, 0.6) is 0 Å². The van der Waals surface area contributed by atoms with Crippen molar-refractivity contribution in [2.24, 2.45) is 0 Å². The van der Waals surface area contributed by atoms with E-state index in [1.807, 2.05) is 62.4 Å². The van der Waals surface area contributed by atoms with Crippen LogP contribution in [0.15, 0.2) is 48.5 Å². The average molecular weight is 322 g/mol. The van der Waals surface area contributed by atoms with Gasteiger partial charge >= 0.3 is 0 Å². The monoisotopic (exact) mass is 322 g/mol. The van der Waals surface area contributed by atoms with Gasteiger partial charge in [0.25, 0.3) is 0 Å². The van der Waals surface area contributed by atoms with Gasteiger partial charge in [0.05, 0.1) is 0 Å². The van der Waals surface area contributed by atoms with Crippen molar-refractivity contribution >= 4 is 23.2 Å². The van der Waals surface area contributed by atoms with Gasteiger partial charge in [0.15, 0.2) is 0 Å². The van der Waals surface area contributed by atoms with Crippen molar-refractivity contribution in [3.8, 4) is 0 Å². The van der Waals surface area contributed by atoms with Crippen LogP contribution in [0.4, 0.5) is 11.4 Å². The van der Waals surface area contributed by atoms with Crippen LogP contribution in [-0.4, -0.2) is 24.9 Å². The van der Waals surface area contributed by atoms with Crippen LogP contribution >= 0.6 is 0 Å². The standard InChI is InChI=1S/C20H22N2O2/c1-3-21(17-9-6-7-15(2)13-17)19(23)14-20(24)22-12-11-16-8-4-5-10-18(16)22/h4-10,13H,3,11-12,14H2,1-2H3. The second-order valence-corrected chi connectivity index (χ2v) is 6.08. The molecule has 0 radical (unpaired) electrons. The second-order valence-electron chi connectivity index (χ2n) is 6.08. The first-order valence-electron chi connectivity index (χ1n) is 8.35. The summed E-state index contributed by atoms with van der Waals surface area (Å²) in [6.07, 6.45) is 0.752. The van der Waals surface area contributed by atoms with Gasteiger partial charge in [-0.3, -0.25) is 9.59 Å². The highest BCUT2D eigenvalue weighted by atomic mass is 16.2. The number of rotatable bonds is 4. The summed E-state index contributed by atoms with van der Waals surface area (Å²) in [4.78, 5) is 28.7. The molecule has 1 aliphatic heterocycles. The number of hydrogen-bond acceptors (Lipinski definition) is 2. The Balaban J connectivity index is 1.73. The van der Waals surface area contributed by atoms with Gasteiger partial charge in [-0.1, -0.05) is 30.3 Å². The van der Waals surface area contributed by atoms with E-state index in [2.05, 4.69) is 0 Å². The summed E-state index contributed by atoms with van der Waals surface area (Å²) in [5.41, 5.74) is 4.05. The van der Waals surface area contributed by atoms with Crippen LogP contribution in [0.25, 0.3) is 0 Å². The van der Waals surface area contributed by atoms with Crippen molar-refractivity contribution in [2.45, 2.75) is 26.7 Å². The lowest BCUT2D eigenvalue weighted by atomic mass is 10.2. The fourth-order valence-corrected chi connectivity index (χ4v) is 3.22. The molecule has 4 nitrogen and oxygen atoms in total. The minimum Gasteiger partial charge on any atom is -0.312 e. The fraction of sp³-hybridized carbons (Fsp3) is 0.300. The zero-order valence-electron chi connectivity index (χ0n) is 14.2. The van der Waals surface area contributed by atoms with E-state index < -0.39 is 0 Å². The molecular weight excluding hydrogens is 300 g/mol. The van der Waals surface area contributed by atoms with Gasteiger partial charge in [-0.05, 0) is 49.6 Å².